The van der Waals surface area contributed by atoms with E-state index in [1.807, 2.05) is 37.3 Å². The van der Waals surface area contributed by atoms with Gasteiger partial charge in [0.25, 0.3) is 5.91 Å². The van der Waals surface area contributed by atoms with Crippen LogP contribution in [0, 0.1) is 0 Å². The van der Waals surface area contributed by atoms with E-state index in [0.717, 1.165) is 0 Å². The molecule has 25 heavy (non-hydrogen) atoms. The lowest BCUT2D eigenvalue weighted by molar-refractivity contribution is -0.127. The predicted molar refractivity (Wildman–Crippen MR) is 95.1 cm³/mol. The number of nitrogens with zero attached hydrogens (tertiary/aromatic N) is 1. The molecule has 0 radical (unpaired) electrons. The van der Waals surface area contributed by atoms with Gasteiger partial charge >= 0.3 is 0 Å². The fourth-order valence-corrected chi connectivity index (χ4v) is 2.78. The van der Waals surface area contributed by atoms with Crippen LogP contribution in [0.4, 0.5) is 11.4 Å². The maximum Gasteiger partial charge on any atom is 0.268 e. The summed E-state index contributed by atoms with van der Waals surface area (Å²) in [6, 6.07) is 14.4. The molecule has 0 saturated heterocycles. The fraction of sp³-hybridized carbons (Fsp3) is 0.263. The second-order valence-corrected chi connectivity index (χ2v) is 5.66. The first kappa shape index (κ1) is 16.8. The van der Waals surface area contributed by atoms with Crippen molar-refractivity contribution in [3.05, 3.63) is 48.5 Å². The first-order valence-corrected chi connectivity index (χ1v) is 8.14. The Morgan fingerprint density at radius 2 is 1.84 bits per heavy atom. The largest absolute Gasteiger partial charge is 0.493 e. The molecule has 0 saturated carbocycles. The predicted octanol–water partition coefficient (Wildman–Crippen LogP) is 2.84. The summed E-state index contributed by atoms with van der Waals surface area (Å²) in [5.41, 5.74) is 1.30. The highest BCUT2D eigenvalue weighted by Crippen LogP contribution is 2.31. The van der Waals surface area contributed by atoms with Gasteiger partial charge in [-0.1, -0.05) is 31.2 Å². The number of nitrogens with one attached hydrogen (secondary N) is 1. The number of methoxy groups -OCH3 is 1. The van der Waals surface area contributed by atoms with Crippen molar-refractivity contribution < 1.29 is 19.1 Å². The minimum Gasteiger partial charge on any atom is -0.493 e. The molecule has 0 bridgehead atoms. The van der Waals surface area contributed by atoms with Crippen LogP contribution in [0.2, 0.25) is 0 Å². The number of fused-ring (bicyclic) bond motifs is 1. The Labute approximate surface area is 146 Å². The van der Waals surface area contributed by atoms with Crippen molar-refractivity contribution in [2.45, 2.75) is 19.4 Å². The van der Waals surface area contributed by atoms with Crippen LogP contribution in [-0.4, -0.2) is 31.6 Å². The molecule has 2 aromatic rings. The zero-order valence-electron chi connectivity index (χ0n) is 14.2. The highest BCUT2D eigenvalue weighted by atomic mass is 16.5. The smallest absolute Gasteiger partial charge is 0.268 e. The van der Waals surface area contributed by atoms with E-state index in [1.54, 1.807) is 25.3 Å². The van der Waals surface area contributed by atoms with Crippen LogP contribution in [0.25, 0.3) is 0 Å². The number of carbonyl (C=O) groups is 2. The summed E-state index contributed by atoms with van der Waals surface area (Å²) in [6.07, 6.45) is -0.243. The number of hydrogen-bond donors (Lipinski definition) is 1. The summed E-state index contributed by atoms with van der Waals surface area (Å²) in [6.45, 7) is 1.84. The molecule has 1 aliphatic rings. The quantitative estimate of drug-likeness (QED) is 0.909. The van der Waals surface area contributed by atoms with Crippen molar-refractivity contribution in [2.24, 2.45) is 0 Å². The Bertz CT molecular complexity index is 790. The number of rotatable bonds is 5. The third kappa shape index (κ3) is 3.42. The molecular formula is C19H20N2O4. The van der Waals surface area contributed by atoms with Crippen molar-refractivity contribution >= 4 is 23.2 Å². The summed E-state index contributed by atoms with van der Waals surface area (Å²) in [5, 5.41) is 2.78. The van der Waals surface area contributed by atoms with Crippen LogP contribution in [0.3, 0.4) is 0 Å². The van der Waals surface area contributed by atoms with Gasteiger partial charge in [0.15, 0.2) is 17.6 Å². The molecule has 0 aliphatic carbocycles. The van der Waals surface area contributed by atoms with E-state index in [1.165, 1.54) is 4.90 Å². The first-order chi connectivity index (χ1) is 12.1. The van der Waals surface area contributed by atoms with E-state index in [0.29, 0.717) is 29.3 Å². The van der Waals surface area contributed by atoms with Gasteiger partial charge in [0.05, 0.1) is 18.5 Å². The highest BCUT2D eigenvalue weighted by Gasteiger charge is 2.32. The maximum atomic E-state index is 13.0. The van der Waals surface area contributed by atoms with E-state index < -0.39 is 6.10 Å². The van der Waals surface area contributed by atoms with Crippen molar-refractivity contribution in [3.63, 3.8) is 0 Å². The lowest BCUT2D eigenvalue weighted by Gasteiger charge is -2.31. The van der Waals surface area contributed by atoms with E-state index in [2.05, 4.69) is 5.32 Å². The Morgan fingerprint density at radius 3 is 2.56 bits per heavy atom. The van der Waals surface area contributed by atoms with Gasteiger partial charge in [-0.3, -0.25) is 14.5 Å². The molecule has 0 unspecified atom stereocenters. The van der Waals surface area contributed by atoms with E-state index >= 15 is 0 Å². The second-order valence-electron chi connectivity index (χ2n) is 5.66. The van der Waals surface area contributed by atoms with Crippen molar-refractivity contribution in [2.75, 3.05) is 23.9 Å². The second kappa shape index (κ2) is 7.25. The first-order valence-electron chi connectivity index (χ1n) is 8.14. The van der Waals surface area contributed by atoms with Crippen LogP contribution in [-0.2, 0) is 9.59 Å². The molecule has 1 atom stereocenters. The van der Waals surface area contributed by atoms with Crippen LogP contribution in [0.15, 0.2) is 48.5 Å². The van der Waals surface area contributed by atoms with Gasteiger partial charge in [0.2, 0.25) is 5.91 Å². The number of amides is 2. The van der Waals surface area contributed by atoms with Gasteiger partial charge in [-0.2, -0.15) is 0 Å². The topological polar surface area (TPSA) is 67.9 Å². The lowest BCUT2D eigenvalue weighted by atomic mass is 10.1. The summed E-state index contributed by atoms with van der Waals surface area (Å²) < 4.78 is 11.2. The molecule has 0 fully saturated rings. The maximum absolute atomic E-state index is 13.0. The summed E-state index contributed by atoms with van der Waals surface area (Å²) in [5.74, 6) is 0.584. The zero-order valence-corrected chi connectivity index (χ0v) is 14.2. The number of benzene rings is 2. The van der Waals surface area contributed by atoms with E-state index in [4.69, 9.17) is 9.47 Å². The summed E-state index contributed by atoms with van der Waals surface area (Å²) >= 11 is 0. The molecule has 1 heterocycles. The minimum absolute atomic E-state index is 0.0262. The normalized spacial score (nSPS) is 14.3. The van der Waals surface area contributed by atoms with E-state index in [-0.39, 0.29) is 18.4 Å². The Hall–Kier alpha value is -3.02. The third-order valence-corrected chi connectivity index (χ3v) is 4.02. The summed E-state index contributed by atoms with van der Waals surface area (Å²) in [7, 11) is 1.55. The van der Waals surface area contributed by atoms with Crippen molar-refractivity contribution in [3.8, 4) is 11.5 Å². The average molecular weight is 340 g/mol. The number of carbonyl (C=O) groups excluding carboxylic acids is 2. The Morgan fingerprint density at radius 1 is 1.16 bits per heavy atom. The monoisotopic (exact) mass is 340 g/mol. The standard InChI is InChI=1S/C19H20N2O4/c1-3-15(25-17-11-7-6-10-16(17)24-2)19(23)21-12-18(22)20-13-8-4-5-9-14(13)21/h4-11,15H,3,12H2,1-2H3,(H,20,22)/t15-/m0/s1. The molecule has 130 valence electrons. The zero-order chi connectivity index (χ0) is 17.8. The molecule has 2 amide bonds. The van der Waals surface area contributed by atoms with Gasteiger partial charge in [-0.05, 0) is 30.7 Å². The van der Waals surface area contributed by atoms with Crippen LogP contribution in [0.5, 0.6) is 11.5 Å². The highest BCUT2D eigenvalue weighted by molar-refractivity contribution is 6.11. The fourth-order valence-electron chi connectivity index (χ4n) is 2.78. The average Bonchev–Trinajstić information content (AvgIpc) is 2.65. The lowest BCUT2D eigenvalue weighted by Crippen LogP contribution is -2.48. The minimum atomic E-state index is -0.713. The van der Waals surface area contributed by atoms with Gasteiger partial charge in [0, 0.05) is 0 Å². The van der Waals surface area contributed by atoms with Gasteiger partial charge in [-0.25, -0.2) is 0 Å². The van der Waals surface area contributed by atoms with Gasteiger partial charge in [-0.15, -0.1) is 0 Å². The van der Waals surface area contributed by atoms with Crippen molar-refractivity contribution in [1.82, 2.24) is 0 Å². The molecule has 3 rings (SSSR count). The Balaban J connectivity index is 1.87. The number of hydrogen-bond acceptors (Lipinski definition) is 4. The molecule has 6 heteroatoms. The van der Waals surface area contributed by atoms with E-state index in [9.17, 15) is 9.59 Å². The molecule has 2 aromatic carbocycles. The molecular weight excluding hydrogens is 320 g/mol. The van der Waals surface area contributed by atoms with Crippen molar-refractivity contribution in [1.29, 1.82) is 0 Å². The van der Waals surface area contributed by atoms with Gasteiger partial charge < -0.3 is 14.8 Å². The number of ether oxygens (including phenoxy) is 2. The van der Waals surface area contributed by atoms with Crippen LogP contribution >= 0.6 is 0 Å². The van der Waals surface area contributed by atoms with Gasteiger partial charge in [0.1, 0.15) is 6.54 Å². The number of para-hydroxylation sites is 4. The molecule has 1 aliphatic heterocycles. The third-order valence-electron chi connectivity index (χ3n) is 4.02. The molecule has 1 N–H and O–H groups in total. The van der Waals surface area contributed by atoms with Crippen LogP contribution in [0.1, 0.15) is 13.3 Å². The molecule has 0 spiro atoms. The summed E-state index contributed by atoms with van der Waals surface area (Å²) in [4.78, 5) is 26.4. The van der Waals surface area contributed by atoms with Crippen LogP contribution < -0.4 is 19.7 Å². The Kier molecular flexibility index (Phi) is 4.88. The molecule has 0 aromatic heterocycles. The number of anilines is 2. The molecule has 6 nitrogen and oxygen atoms in total. The SMILES string of the molecule is CC[C@H](Oc1ccccc1OC)C(=O)N1CC(=O)Nc2ccccc21.